The predicted octanol–water partition coefficient (Wildman–Crippen LogP) is 1.98. The molecule has 1 fully saturated rings. The Morgan fingerprint density at radius 2 is 2.09 bits per heavy atom. The Kier molecular flexibility index (Phi) is 5.22. The summed E-state index contributed by atoms with van der Waals surface area (Å²) in [5.74, 6) is 0.616. The summed E-state index contributed by atoms with van der Waals surface area (Å²) in [6.07, 6.45) is 6.02. The van der Waals surface area contributed by atoms with Gasteiger partial charge in [-0.1, -0.05) is 12.2 Å². The van der Waals surface area contributed by atoms with E-state index in [0.29, 0.717) is 25.3 Å². The van der Waals surface area contributed by atoms with Crippen molar-refractivity contribution >= 4 is 11.9 Å². The van der Waals surface area contributed by atoms with Crippen LogP contribution < -0.4 is 9.47 Å². The Hall–Kier alpha value is -2.84. The van der Waals surface area contributed by atoms with E-state index in [1.54, 1.807) is 19.9 Å². The van der Waals surface area contributed by atoms with Crippen molar-refractivity contribution in [2.24, 2.45) is 0 Å². The maximum Gasteiger partial charge on any atom is 0.330 e. The number of hydrogen-bond donors (Lipinski definition) is 1. The molecule has 6 atom stereocenters. The molecule has 1 saturated heterocycles. The Morgan fingerprint density at radius 3 is 2.84 bits per heavy atom. The van der Waals surface area contributed by atoms with Crippen LogP contribution >= 0.6 is 0 Å². The molecule has 8 nitrogen and oxygen atoms in total. The van der Waals surface area contributed by atoms with E-state index in [1.807, 2.05) is 24.3 Å². The molecule has 6 unspecified atom stereocenters. The van der Waals surface area contributed by atoms with Gasteiger partial charge >= 0.3 is 11.9 Å². The number of benzene rings is 1. The molecule has 3 aliphatic heterocycles. The summed E-state index contributed by atoms with van der Waals surface area (Å²) in [6.45, 7) is 4.79. The number of rotatable bonds is 5. The van der Waals surface area contributed by atoms with Crippen LogP contribution in [0.2, 0.25) is 0 Å². The fraction of sp³-hybridized carbons (Fsp3) is 0.500. The molecule has 0 radical (unpaired) electrons. The highest BCUT2D eigenvalue weighted by Gasteiger charge is 2.60. The summed E-state index contributed by atoms with van der Waals surface area (Å²) in [4.78, 5) is 26.8. The number of esters is 2. The van der Waals surface area contributed by atoms with Gasteiger partial charge in [0.2, 0.25) is 6.79 Å². The van der Waals surface area contributed by atoms with Crippen LogP contribution in [0.3, 0.4) is 0 Å². The minimum atomic E-state index is -0.748. The van der Waals surface area contributed by atoms with Gasteiger partial charge < -0.3 is 24.1 Å². The number of nitrogens with zero attached hydrogens (tertiary/aromatic N) is 1. The van der Waals surface area contributed by atoms with Gasteiger partial charge in [-0.25, -0.2) is 4.79 Å². The van der Waals surface area contributed by atoms with E-state index < -0.39 is 23.6 Å². The Balaban J connectivity index is 1.52. The SMILES string of the molecule is CC=CC(=O)OC1CN2Cc3cc4c(cc3C13C=CC(OC(=O)CC(C)O)CC23)OCO4. The molecule has 1 N–H and O–H groups in total. The van der Waals surface area contributed by atoms with Crippen molar-refractivity contribution in [1.29, 1.82) is 0 Å². The van der Waals surface area contributed by atoms with Crippen LogP contribution in [-0.2, 0) is 31.0 Å². The molecule has 8 heteroatoms. The molecule has 0 aromatic heterocycles. The quantitative estimate of drug-likeness (QED) is 0.421. The van der Waals surface area contributed by atoms with Gasteiger partial charge in [0.05, 0.1) is 17.9 Å². The van der Waals surface area contributed by atoms with Crippen LogP contribution in [-0.4, -0.2) is 59.6 Å². The van der Waals surface area contributed by atoms with Crippen molar-refractivity contribution < 1.29 is 33.6 Å². The lowest BCUT2D eigenvalue weighted by atomic mass is 9.65. The zero-order valence-electron chi connectivity index (χ0n) is 18.2. The molecular weight excluding hydrogens is 414 g/mol. The van der Waals surface area contributed by atoms with Gasteiger partial charge in [-0.3, -0.25) is 9.69 Å². The molecule has 3 heterocycles. The molecule has 32 heavy (non-hydrogen) atoms. The number of carbonyl (C=O) groups is 2. The second-order valence-corrected chi connectivity index (χ2v) is 8.84. The van der Waals surface area contributed by atoms with Crippen molar-refractivity contribution in [3.05, 3.63) is 47.6 Å². The van der Waals surface area contributed by atoms with Crippen LogP contribution in [0, 0.1) is 0 Å². The first-order valence-electron chi connectivity index (χ1n) is 11.0. The van der Waals surface area contributed by atoms with Gasteiger partial charge in [-0.2, -0.15) is 0 Å². The minimum absolute atomic E-state index is 0.00636. The number of ether oxygens (including phenoxy) is 4. The lowest BCUT2D eigenvalue weighted by molar-refractivity contribution is -0.150. The highest BCUT2D eigenvalue weighted by molar-refractivity contribution is 5.82. The number of allylic oxidation sites excluding steroid dienone is 1. The van der Waals surface area contributed by atoms with Gasteiger partial charge in [0.1, 0.15) is 12.2 Å². The molecule has 1 aromatic rings. The van der Waals surface area contributed by atoms with Gasteiger partial charge in [-0.05, 0) is 43.2 Å². The van der Waals surface area contributed by atoms with E-state index >= 15 is 0 Å². The summed E-state index contributed by atoms with van der Waals surface area (Å²) in [5.41, 5.74) is 1.60. The lowest BCUT2D eigenvalue weighted by Gasteiger charge is -2.46. The first-order chi connectivity index (χ1) is 15.4. The third kappa shape index (κ3) is 3.38. The maximum absolute atomic E-state index is 12.4. The minimum Gasteiger partial charge on any atom is -0.458 e. The molecular formula is C24H27NO7. The van der Waals surface area contributed by atoms with Crippen molar-refractivity contribution in [1.82, 2.24) is 4.90 Å². The molecule has 2 bridgehead atoms. The van der Waals surface area contributed by atoms with Gasteiger partial charge in [0.15, 0.2) is 11.5 Å². The standard InChI is InChI=1S/C24H27NO7/c1-3-4-22(27)32-21-12-25-11-15-8-18-19(30-13-29-18)10-17(15)24(21)6-5-16(9-20(24)25)31-23(28)7-14(2)26/h3-6,8,10,14,16,20-21,26H,7,9,11-13H2,1-2H3. The number of aliphatic hydroxyl groups is 1. The van der Waals surface area contributed by atoms with Crippen molar-refractivity contribution in [3.8, 4) is 11.5 Å². The number of aliphatic hydroxyl groups excluding tert-OH is 1. The molecule has 0 spiro atoms. The van der Waals surface area contributed by atoms with E-state index in [0.717, 1.165) is 16.9 Å². The average molecular weight is 441 g/mol. The van der Waals surface area contributed by atoms with Crippen LogP contribution in [0.5, 0.6) is 11.5 Å². The van der Waals surface area contributed by atoms with E-state index in [9.17, 15) is 14.7 Å². The third-order valence-corrected chi connectivity index (χ3v) is 6.71. The zero-order chi connectivity index (χ0) is 22.5. The highest BCUT2D eigenvalue weighted by Crippen LogP contribution is 2.54. The Labute approximate surface area is 186 Å². The zero-order valence-corrected chi connectivity index (χ0v) is 18.2. The first-order valence-corrected chi connectivity index (χ1v) is 11.0. The topological polar surface area (TPSA) is 94.5 Å². The van der Waals surface area contributed by atoms with Gasteiger partial charge in [0, 0.05) is 31.6 Å². The summed E-state index contributed by atoms with van der Waals surface area (Å²) in [5, 5.41) is 9.48. The fourth-order valence-electron chi connectivity index (χ4n) is 5.49. The van der Waals surface area contributed by atoms with E-state index in [2.05, 4.69) is 4.90 Å². The Bertz CT molecular complexity index is 1000. The smallest absolute Gasteiger partial charge is 0.330 e. The van der Waals surface area contributed by atoms with Crippen molar-refractivity contribution in [2.45, 2.75) is 63.0 Å². The summed E-state index contributed by atoms with van der Waals surface area (Å²) in [7, 11) is 0. The number of carbonyl (C=O) groups excluding carboxylic acids is 2. The van der Waals surface area contributed by atoms with E-state index in [-0.39, 0.29) is 31.3 Å². The van der Waals surface area contributed by atoms with Crippen LogP contribution in [0.15, 0.2) is 36.4 Å². The molecule has 4 aliphatic rings. The molecule has 1 aromatic carbocycles. The lowest BCUT2D eigenvalue weighted by Crippen LogP contribution is -2.53. The summed E-state index contributed by atoms with van der Waals surface area (Å²) in [6, 6.07) is 4.02. The first kappa shape index (κ1) is 21.0. The number of fused-ring (bicyclic) bond motifs is 2. The van der Waals surface area contributed by atoms with E-state index in [1.165, 1.54) is 6.08 Å². The second kappa shape index (κ2) is 7.94. The molecule has 170 valence electrons. The van der Waals surface area contributed by atoms with Crippen LogP contribution in [0.4, 0.5) is 0 Å². The average Bonchev–Trinajstić information content (AvgIpc) is 3.27. The van der Waals surface area contributed by atoms with Crippen molar-refractivity contribution in [3.63, 3.8) is 0 Å². The second-order valence-electron chi connectivity index (χ2n) is 8.84. The molecule has 1 aliphatic carbocycles. The predicted molar refractivity (Wildman–Crippen MR) is 113 cm³/mol. The van der Waals surface area contributed by atoms with Gasteiger partial charge in [-0.15, -0.1) is 0 Å². The summed E-state index contributed by atoms with van der Waals surface area (Å²) < 4.78 is 22.8. The van der Waals surface area contributed by atoms with Crippen LogP contribution in [0.25, 0.3) is 0 Å². The fourth-order valence-corrected chi connectivity index (χ4v) is 5.49. The monoisotopic (exact) mass is 441 g/mol. The highest BCUT2D eigenvalue weighted by atomic mass is 16.7. The molecule has 0 amide bonds. The van der Waals surface area contributed by atoms with Crippen LogP contribution in [0.1, 0.15) is 37.8 Å². The third-order valence-electron chi connectivity index (χ3n) is 6.71. The van der Waals surface area contributed by atoms with E-state index in [4.69, 9.17) is 18.9 Å². The molecule has 0 saturated carbocycles. The number of hydrogen-bond acceptors (Lipinski definition) is 8. The maximum atomic E-state index is 12.4. The largest absolute Gasteiger partial charge is 0.458 e. The normalized spacial score (nSPS) is 32.3. The van der Waals surface area contributed by atoms with Gasteiger partial charge in [0.25, 0.3) is 0 Å². The summed E-state index contributed by atoms with van der Waals surface area (Å²) >= 11 is 0. The molecule has 5 rings (SSSR count). The van der Waals surface area contributed by atoms with Crippen molar-refractivity contribution in [2.75, 3.05) is 13.3 Å². The Morgan fingerprint density at radius 1 is 1.31 bits per heavy atom.